The number of H-pyrrole nitrogens is 1. The first kappa shape index (κ1) is 19.8. The number of rotatable bonds is 3. The van der Waals surface area contributed by atoms with E-state index in [-0.39, 0.29) is 35.2 Å². The fraction of sp³-hybridized carbons (Fsp3) is 0.545. The number of halogens is 1. The van der Waals surface area contributed by atoms with Gasteiger partial charge in [-0.05, 0) is 56.6 Å². The predicted molar refractivity (Wildman–Crippen MR) is 117 cm³/mol. The van der Waals surface area contributed by atoms with Gasteiger partial charge in [0.1, 0.15) is 5.83 Å². The van der Waals surface area contributed by atoms with Crippen LogP contribution < -0.4 is 22.7 Å². The zero-order valence-electron chi connectivity index (χ0n) is 17.2. The molecule has 1 saturated carbocycles. The summed E-state index contributed by atoms with van der Waals surface area (Å²) in [5.41, 5.74) is 13.2. The molecule has 0 bridgehead atoms. The third-order valence-corrected chi connectivity index (χ3v) is 8.24. The third kappa shape index (κ3) is 2.84. The van der Waals surface area contributed by atoms with Gasteiger partial charge in [-0.2, -0.15) is 0 Å². The average Bonchev–Trinajstić information content (AvgIpc) is 3.43. The number of fused-ring (bicyclic) bond motifs is 2. The lowest BCUT2D eigenvalue weighted by molar-refractivity contribution is 0.462. The summed E-state index contributed by atoms with van der Waals surface area (Å²) in [5.74, 6) is -1.15. The fourth-order valence-corrected chi connectivity index (χ4v) is 6.79. The molecule has 4 unspecified atom stereocenters. The Morgan fingerprint density at radius 1 is 1.30 bits per heavy atom. The minimum Gasteiger partial charge on any atom is -0.396 e. The Balaban J connectivity index is 1.68. The molecule has 4 atom stereocenters. The van der Waals surface area contributed by atoms with Crippen molar-refractivity contribution in [3.63, 3.8) is 0 Å². The molecule has 5 rings (SSSR count). The SMILES string of the molecule is CC(N)C1CCCc2sc(C3C(F)=C(N)c4c(n(C5CC5)c(=O)[nH]c4=O)C3C)cc21. The minimum absolute atomic E-state index is 0.0417. The van der Waals surface area contributed by atoms with Gasteiger partial charge in [0.2, 0.25) is 0 Å². The molecule has 0 aliphatic heterocycles. The van der Waals surface area contributed by atoms with Gasteiger partial charge in [0.25, 0.3) is 5.56 Å². The lowest BCUT2D eigenvalue weighted by atomic mass is 9.79. The normalized spacial score (nSPS) is 27.0. The van der Waals surface area contributed by atoms with Gasteiger partial charge < -0.3 is 11.5 Å². The van der Waals surface area contributed by atoms with Gasteiger partial charge in [-0.1, -0.05) is 6.92 Å². The Kier molecular flexibility index (Phi) is 4.56. The second kappa shape index (κ2) is 6.92. The van der Waals surface area contributed by atoms with Gasteiger partial charge in [0, 0.05) is 33.4 Å². The Labute approximate surface area is 177 Å². The molecule has 5 N–H and O–H groups in total. The zero-order chi connectivity index (χ0) is 21.3. The predicted octanol–water partition coefficient (Wildman–Crippen LogP) is 3.20. The summed E-state index contributed by atoms with van der Waals surface area (Å²) in [6, 6.07) is 2.19. The lowest BCUT2D eigenvalue weighted by Crippen LogP contribution is -2.39. The molecule has 160 valence electrons. The number of hydrogen-bond acceptors (Lipinski definition) is 5. The van der Waals surface area contributed by atoms with Crippen LogP contribution in [0.4, 0.5) is 4.39 Å². The summed E-state index contributed by atoms with van der Waals surface area (Å²) in [5, 5.41) is 0. The highest BCUT2D eigenvalue weighted by Crippen LogP contribution is 2.51. The molecule has 0 amide bonds. The van der Waals surface area contributed by atoms with Crippen molar-refractivity contribution in [3.8, 4) is 0 Å². The Bertz CT molecular complexity index is 1170. The van der Waals surface area contributed by atoms with Crippen molar-refractivity contribution >= 4 is 17.0 Å². The van der Waals surface area contributed by atoms with Crippen molar-refractivity contribution in [3.05, 3.63) is 59.3 Å². The Hall–Kier alpha value is -2.19. The highest BCUT2D eigenvalue weighted by atomic mass is 32.1. The lowest BCUT2D eigenvalue weighted by Gasteiger charge is -2.31. The van der Waals surface area contributed by atoms with E-state index in [0.717, 1.165) is 37.0 Å². The standard InChI is InChI=1S/C22H27FN4O2S/c1-9-16(15-8-13-12(10(2)24)4-3-5-14(13)30-15)18(23)19(25)17-20(9)27(11-6-7-11)22(29)26-21(17)28/h8-12,16H,3-7,24-25H2,1-2H3,(H,26,28,29). The molecule has 2 aromatic rings. The maximum absolute atomic E-state index is 15.6. The van der Waals surface area contributed by atoms with E-state index in [4.69, 9.17) is 11.5 Å². The second-order valence-electron chi connectivity index (χ2n) is 9.03. The topological polar surface area (TPSA) is 107 Å². The smallest absolute Gasteiger partial charge is 0.328 e. The van der Waals surface area contributed by atoms with Gasteiger partial charge in [-0.3, -0.25) is 14.3 Å². The van der Waals surface area contributed by atoms with Crippen LogP contribution in [0.1, 0.15) is 89.9 Å². The molecule has 6 nitrogen and oxygen atoms in total. The first-order valence-corrected chi connectivity index (χ1v) is 11.5. The van der Waals surface area contributed by atoms with Crippen molar-refractivity contribution < 1.29 is 4.39 Å². The Morgan fingerprint density at radius 2 is 2.03 bits per heavy atom. The summed E-state index contributed by atoms with van der Waals surface area (Å²) >= 11 is 1.63. The van der Waals surface area contributed by atoms with E-state index in [2.05, 4.69) is 11.1 Å². The molecule has 1 fully saturated rings. The summed E-state index contributed by atoms with van der Waals surface area (Å²) in [4.78, 5) is 29.6. The maximum atomic E-state index is 15.6. The van der Waals surface area contributed by atoms with E-state index in [1.165, 1.54) is 10.4 Å². The average molecular weight is 431 g/mol. The number of aryl methyl sites for hydroxylation is 1. The number of aromatic nitrogens is 2. The van der Waals surface area contributed by atoms with E-state index in [0.29, 0.717) is 5.69 Å². The van der Waals surface area contributed by atoms with Crippen molar-refractivity contribution in [2.75, 3.05) is 0 Å². The van der Waals surface area contributed by atoms with Crippen LogP contribution in [-0.4, -0.2) is 15.6 Å². The highest BCUT2D eigenvalue weighted by Gasteiger charge is 2.42. The van der Waals surface area contributed by atoms with Crippen LogP contribution >= 0.6 is 11.3 Å². The van der Waals surface area contributed by atoms with Crippen molar-refractivity contribution in [2.45, 2.75) is 75.8 Å². The summed E-state index contributed by atoms with van der Waals surface area (Å²) in [6.45, 7) is 3.92. The Morgan fingerprint density at radius 3 is 2.70 bits per heavy atom. The first-order valence-electron chi connectivity index (χ1n) is 10.7. The number of thiophene rings is 1. The van der Waals surface area contributed by atoms with Crippen LogP contribution in [0, 0.1) is 0 Å². The molecule has 0 saturated heterocycles. The van der Waals surface area contributed by atoms with E-state index in [1.54, 1.807) is 15.9 Å². The van der Waals surface area contributed by atoms with E-state index >= 15 is 4.39 Å². The quantitative estimate of drug-likeness (QED) is 0.695. The molecule has 0 aromatic carbocycles. The fourth-order valence-electron chi connectivity index (χ4n) is 5.32. The maximum Gasteiger partial charge on any atom is 0.328 e. The number of nitrogens with two attached hydrogens (primary N) is 2. The van der Waals surface area contributed by atoms with Crippen LogP contribution in [0.2, 0.25) is 0 Å². The summed E-state index contributed by atoms with van der Waals surface area (Å²) < 4.78 is 17.2. The summed E-state index contributed by atoms with van der Waals surface area (Å²) in [7, 11) is 0. The van der Waals surface area contributed by atoms with Crippen molar-refractivity contribution in [2.24, 2.45) is 11.5 Å². The van der Waals surface area contributed by atoms with Crippen LogP contribution in [0.25, 0.3) is 5.70 Å². The van der Waals surface area contributed by atoms with Crippen LogP contribution in [-0.2, 0) is 6.42 Å². The van der Waals surface area contributed by atoms with Crippen molar-refractivity contribution in [1.82, 2.24) is 9.55 Å². The highest BCUT2D eigenvalue weighted by molar-refractivity contribution is 7.12. The van der Waals surface area contributed by atoms with Crippen LogP contribution in [0.15, 0.2) is 21.5 Å². The number of allylic oxidation sites excluding steroid dienone is 1. The largest absolute Gasteiger partial charge is 0.396 e. The molecule has 0 spiro atoms. The number of hydrogen-bond donors (Lipinski definition) is 3. The van der Waals surface area contributed by atoms with Gasteiger partial charge >= 0.3 is 5.69 Å². The molecule has 2 heterocycles. The molecular weight excluding hydrogens is 403 g/mol. The van der Waals surface area contributed by atoms with Gasteiger partial charge in [-0.25, -0.2) is 9.18 Å². The molecule has 2 aromatic heterocycles. The number of nitrogens with one attached hydrogen (secondary N) is 1. The molecule has 0 radical (unpaired) electrons. The third-order valence-electron chi connectivity index (χ3n) is 6.95. The van der Waals surface area contributed by atoms with E-state index in [1.807, 2.05) is 13.8 Å². The first-order chi connectivity index (χ1) is 14.3. The monoisotopic (exact) mass is 430 g/mol. The van der Waals surface area contributed by atoms with Crippen molar-refractivity contribution in [1.29, 1.82) is 0 Å². The number of nitrogens with zero attached hydrogens (tertiary/aromatic N) is 1. The molecule has 30 heavy (non-hydrogen) atoms. The minimum atomic E-state index is -0.604. The van der Waals surface area contributed by atoms with Gasteiger partial charge in [0.15, 0.2) is 0 Å². The molecule has 8 heteroatoms. The van der Waals surface area contributed by atoms with Crippen LogP contribution in [0.3, 0.4) is 0 Å². The van der Waals surface area contributed by atoms with E-state index in [9.17, 15) is 9.59 Å². The van der Waals surface area contributed by atoms with Gasteiger partial charge in [-0.15, -0.1) is 11.3 Å². The molecular formula is C22H27FN4O2S. The zero-order valence-corrected chi connectivity index (χ0v) is 18.0. The van der Waals surface area contributed by atoms with Crippen LogP contribution in [0.5, 0.6) is 0 Å². The molecule has 3 aliphatic rings. The number of aromatic amines is 1. The summed E-state index contributed by atoms with van der Waals surface area (Å²) in [6.07, 6.45) is 4.87. The second-order valence-corrected chi connectivity index (χ2v) is 10.2. The van der Waals surface area contributed by atoms with Gasteiger partial charge in [0.05, 0.1) is 17.2 Å². The molecule has 3 aliphatic carbocycles. The van der Waals surface area contributed by atoms with E-state index < -0.39 is 23.0 Å².